The molecular weight excluding hydrogens is 330 g/mol. The molecule has 0 atom stereocenters. The van der Waals surface area contributed by atoms with E-state index in [0.717, 1.165) is 33.4 Å². The lowest BCUT2D eigenvalue weighted by Gasteiger charge is -2.26. The fourth-order valence-electron chi connectivity index (χ4n) is 2.65. The maximum atomic E-state index is 9.33. The zero-order chi connectivity index (χ0) is 18.1. The molecule has 24 heavy (non-hydrogen) atoms. The molecule has 1 heterocycles. The number of ether oxygens (including phenoxy) is 1. The van der Waals surface area contributed by atoms with Gasteiger partial charge in [-0.25, -0.2) is 0 Å². The van der Waals surface area contributed by atoms with Crippen LogP contribution >= 0.6 is 0 Å². The molecule has 0 aromatic heterocycles. The average Bonchev–Trinajstić information content (AvgIpc) is 2.57. The lowest BCUT2D eigenvalue weighted by Crippen LogP contribution is -2.36. The third kappa shape index (κ3) is 18.1. The van der Waals surface area contributed by atoms with Crippen LogP contribution < -0.4 is 0 Å². The van der Waals surface area contributed by atoms with Gasteiger partial charge in [0.15, 0.2) is 0 Å². The van der Waals surface area contributed by atoms with Gasteiger partial charge in [0.2, 0.25) is 0 Å². The molecular formula is C17H37NO5S. The van der Waals surface area contributed by atoms with E-state index in [1.165, 1.54) is 70.8 Å². The van der Waals surface area contributed by atoms with Crippen molar-refractivity contribution in [2.75, 3.05) is 40.0 Å². The minimum atomic E-state index is -4.16. The molecule has 0 aromatic rings. The summed E-state index contributed by atoms with van der Waals surface area (Å²) in [5.41, 5.74) is 0. The first kappa shape index (κ1) is 23.8. The molecule has 0 saturated carbocycles. The molecule has 0 spiro atoms. The van der Waals surface area contributed by atoms with Crippen LogP contribution in [0.5, 0.6) is 0 Å². The van der Waals surface area contributed by atoms with Crippen LogP contribution in [0, 0.1) is 0 Å². The van der Waals surface area contributed by atoms with Crippen molar-refractivity contribution in [1.29, 1.82) is 0 Å². The van der Waals surface area contributed by atoms with Crippen molar-refractivity contribution in [3.05, 3.63) is 0 Å². The van der Waals surface area contributed by atoms with Crippen molar-refractivity contribution < 1.29 is 21.9 Å². The minimum Gasteiger partial charge on any atom is -0.379 e. The molecule has 1 rings (SSSR count). The maximum Gasteiger partial charge on any atom is 0.397 e. The number of unbranched alkanes of at least 4 members (excludes halogenated alkanes) is 9. The van der Waals surface area contributed by atoms with E-state index >= 15 is 0 Å². The normalized spacial score (nSPS) is 15.8. The summed E-state index contributed by atoms with van der Waals surface area (Å²) in [6, 6.07) is 0. The quantitative estimate of drug-likeness (QED) is 0.419. The highest BCUT2D eigenvalue weighted by molar-refractivity contribution is 7.80. The summed E-state index contributed by atoms with van der Waals surface area (Å²) in [4.78, 5) is 2.55. The molecule has 7 heteroatoms. The van der Waals surface area contributed by atoms with E-state index in [1.807, 2.05) is 0 Å². The molecule has 0 aliphatic carbocycles. The van der Waals surface area contributed by atoms with Crippen LogP contribution in [-0.2, 0) is 19.3 Å². The minimum absolute atomic E-state index is 0.870. The van der Waals surface area contributed by atoms with Crippen LogP contribution in [0.15, 0.2) is 0 Å². The number of rotatable bonds is 12. The van der Waals surface area contributed by atoms with Gasteiger partial charge < -0.3 is 4.74 Å². The maximum absolute atomic E-state index is 9.33. The Bertz CT molecular complexity index is 356. The summed E-state index contributed by atoms with van der Waals surface area (Å²) in [6.07, 6.45) is 14.3. The highest BCUT2D eigenvalue weighted by Gasteiger charge is 2.08. The standard InChI is InChI=1S/C16H33NO.CH4O4S/c1-2-3-4-5-6-7-8-9-10-11-12-17-13-15-18-16-14-17;1-5-6(2,3)4/h2-16H2,1H3;1H3,(H,2,3,4). The Labute approximate surface area is 148 Å². The first-order valence-electron chi connectivity index (χ1n) is 9.32. The zero-order valence-electron chi connectivity index (χ0n) is 15.5. The smallest absolute Gasteiger partial charge is 0.379 e. The summed E-state index contributed by atoms with van der Waals surface area (Å²) >= 11 is 0. The van der Waals surface area contributed by atoms with Crippen molar-refractivity contribution in [2.24, 2.45) is 0 Å². The van der Waals surface area contributed by atoms with Crippen LogP contribution in [0.2, 0.25) is 0 Å². The van der Waals surface area contributed by atoms with Crippen molar-refractivity contribution in [1.82, 2.24) is 4.90 Å². The van der Waals surface area contributed by atoms with Gasteiger partial charge in [0, 0.05) is 13.1 Å². The van der Waals surface area contributed by atoms with Gasteiger partial charge >= 0.3 is 10.4 Å². The Balaban J connectivity index is 0.000000754. The van der Waals surface area contributed by atoms with E-state index in [9.17, 15) is 8.42 Å². The van der Waals surface area contributed by atoms with Gasteiger partial charge in [-0.3, -0.25) is 13.6 Å². The van der Waals surface area contributed by atoms with Crippen LogP contribution in [-0.4, -0.2) is 57.8 Å². The molecule has 146 valence electrons. The van der Waals surface area contributed by atoms with Crippen LogP contribution in [0.3, 0.4) is 0 Å². The molecule has 1 saturated heterocycles. The van der Waals surface area contributed by atoms with E-state index in [1.54, 1.807) is 0 Å². The monoisotopic (exact) mass is 367 g/mol. The Morgan fingerprint density at radius 3 is 1.75 bits per heavy atom. The molecule has 0 unspecified atom stereocenters. The highest BCUT2D eigenvalue weighted by atomic mass is 32.3. The van der Waals surface area contributed by atoms with Gasteiger partial charge in [0.1, 0.15) is 0 Å². The molecule has 1 aliphatic rings. The van der Waals surface area contributed by atoms with E-state index in [-0.39, 0.29) is 0 Å². The predicted molar refractivity (Wildman–Crippen MR) is 97.7 cm³/mol. The second-order valence-electron chi connectivity index (χ2n) is 6.23. The first-order valence-corrected chi connectivity index (χ1v) is 10.7. The van der Waals surface area contributed by atoms with Gasteiger partial charge in [-0.2, -0.15) is 8.42 Å². The molecule has 6 nitrogen and oxygen atoms in total. The summed E-state index contributed by atoms with van der Waals surface area (Å²) in [5.74, 6) is 0. The van der Waals surface area contributed by atoms with E-state index < -0.39 is 10.4 Å². The Kier molecular flexibility index (Phi) is 16.1. The molecule has 0 bridgehead atoms. The Morgan fingerprint density at radius 1 is 0.917 bits per heavy atom. The van der Waals surface area contributed by atoms with Crippen molar-refractivity contribution >= 4 is 10.4 Å². The van der Waals surface area contributed by atoms with Crippen molar-refractivity contribution in [3.8, 4) is 0 Å². The number of morpholine rings is 1. The molecule has 1 fully saturated rings. The van der Waals surface area contributed by atoms with Gasteiger partial charge in [0.05, 0.1) is 20.3 Å². The molecule has 1 aliphatic heterocycles. The third-order valence-electron chi connectivity index (χ3n) is 4.14. The summed E-state index contributed by atoms with van der Waals surface area (Å²) in [5, 5.41) is 0. The van der Waals surface area contributed by atoms with Gasteiger partial charge in [-0.15, -0.1) is 0 Å². The number of hydrogen-bond acceptors (Lipinski definition) is 5. The molecule has 1 N–H and O–H groups in total. The largest absolute Gasteiger partial charge is 0.397 e. The topological polar surface area (TPSA) is 76.1 Å². The number of nitrogens with zero attached hydrogens (tertiary/aromatic N) is 1. The van der Waals surface area contributed by atoms with Crippen LogP contribution in [0.4, 0.5) is 0 Å². The molecule has 0 aromatic carbocycles. The lowest BCUT2D eigenvalue weighted by atomic mass is 10.1. The number of hydrogen-bond donors (Lipinski definition) is 1. The third-order valence-corrected chi connectivity index (χ3v) is 4.56. The van der Waals surface area contributed by atoms with Crippen molar-refractivity contribution in [2.45, 2.75) is 71.1 Å². The second-order valence-corrected chi connectivity index (χ2v) is 7.42. The lowest BCUT2D eigenvalue weighted by molar-refractivity contribution is 0.0371. The SMILES string of the molecule is CCCCCCCCCCCCN1CCOCC1.COS(=O)(=O)O. The van der Waals surface area contributed by atoms with Gasteiger partial charge in [-0.1, -0.05) is 64.7 Å². The Morgan fingerprint density at radius 2 is 1.33 bits per heavy atom. The van der Waals surface area contributed by atoms with E-state index in [4.69, 9.17) is 9.29 Å². The van der Waals surface area contributed by atoms with Gasteiger partial charge in [-0.05, 0) is 13.0 Å². The fraction of sp³-hybridized carbons (Fsp3) is 1.00. The molecule has 0 amide bonds. The first-order chi connectivity index (χ1) is 11.5. The predicted octanol–water partition coefficient (Wildman–Crippen LogP) is 3.68. The van der Waals surface area contributed by atoms with Crippen LogP contribution in [0.1, 0.15) is 71.1 Å². The zero-order valence-corrected chi connectivity index (χ0v) is 16.4. The summed E-state index contributed by atoms with van der Waals surface area (Å²) in [7, 11) is -3.29. The molecule has 0 radical (unpaired) electrons. The van der Waals surface area contributed by atoms with Gasteiger partial charge in [0.25, 0.3) is 0 Å². The summed E-state index contributed by atoms with van der Waals surface area (Å²) < 4.78 is 35.1. The summed E-state index contributed by atoms with van der Waals surface area (Å²) in [6.45, 7) is 7.76. The average molecular weight is 368 g/mol. The Hall–Kier alpha value is -0.210. The van der Waals surface area contributed by atoms with Crippen molar-refractivity contribution in [3.63, 3.8) is 0 Å². The van der Waals surface area contributed by atoms with E-state index in [0.29, 0.717) is 0 Å². The highest BCUT2D eigenvalue weighted by Crippen LogP contribution is 2.11. The van der Waals surface area contributed by atoms with E-state index in [2.05, 4.69) is 16.0 Å². The fourth-order valence-corrected chi connectivity index (χ4v) is 2.65. The van der Waals surface area contributed by atoms with Crippen LogP contribution in [0.25, 0.3) is 0 Å². The second kappa shape index (κ2) is 16.3.